The fourth-order valence-corrected chi connectivity index (χ4v) is 2.99. The number of hydrogen-bond donors (Lipinski definition) is 1. The SMILES string of the molecule is CNCc1cccc(SCC2CCC2)c1. The van der Waals surface area contributed by atoms with E-state index >= 15 is 0 Å². The van der Waals surface area contributed by atoms with Crippen molar-refractivity contribution < 1.29 is 0 Å². The second-order valence-electron chi connectivity index (χ2n) is 4.29. The highest BCUT2D eigenvalue weighted by molar-refractivity contribution is 7.99. The van der Waals surface area contributed by atoms with E-state index in [1.54, 1.807) is 0 Å². The average Bonchev–Trinajstić information content (AvgIpc) is 2.16. The molecule has 1 saturated carbocycles. The number of nitrogens with one attached hydrogen (secondary N) is 1. The van der Waals surface area contributed by atoms with Gasteiger partial charge in [-0.05, 0) is 43.5 Å². The van der Waals surface area contributed by atoms with E-state index in [1.165, 1.54) is 35.5 Å². The van der Waals surface area contributed by atoms with Crippen LogP contribution in [0.5, 0.6) is 0 Å². The largest absolute Gasteiger partial charge is 0.316 e. The molecule has 1 aromatic rings. The van der Waals surface area contributed by atoms with Gasteiger partial charge in [0.05, 0.1) is 0 Å². The molecule has 1 N–H and O–H groups in total. The fourth-order valence-electron chi connectivity index (χ4n) is 1.82. The highest BCUT2D eigenvalue weighted by Crippen LogP contribution is 2.32. The molecule has 0 amide bonds. The van der Waals surface area contributed by atoms with Gasteiger partial charge in [0, 0.05) is 17.2 Å². The molecule has 0 unspecified atom stereocenters. The second kappa shape index (κ2) is 5.57. The molecular formula is C13H19NS. The Balaban J connectivity index is 1.86. The van der Waals surface area contributed by atoms with Crippen LogP contribution in [0.15, 0.2) is 29.2 Å². The molecule has 0 spiro atoms. The van der Waals surface area contributed by atoms with Crippen molar-refractivity contribution in [3.05, 3.63) is 29.8 Å². The van der Waals surface area contributed by atoms with Gasteiger partial charge in [-0.1, -0.05) is 18.6 Å². The predicted molar refractivity (Wildman–Crippen MR) is 67.3 cm³/mol. The van der Waals surface area contributed by atoms with Crippen molar-refractivity contribution in [2.45, 2.75) is 30.7 Å². The van der Waals surface area contributed by atoms with Gasteiger partial charge in [0.25, 0.3) is 0 Å². The minimum atomic E-state index is 0.970. The third-order valence-corrected chi connectivity index (χ3v) is 4.22. The standard InChI is InChI=1S/C13H19NS/c1-14-9-12-6-3-7-13(8-12)15-10-11-4-2-5-11/h3,6-8,11,14H,2,4-5,9-10H2,1H3. The lowest BCUT2D eigenvalue weighted by Gasteiger charge is -2.24. The first-order valence-corrected chi connectivity index (χ1v) is 6.73. The molecule has 1 fully saturated rings. The van der Waals surface area contributed by atoms with Crippen LogP contribution in [0.1, 0.15) is 24.8 Å². The summed E-state index contributed by atoms with van der Waals surface area (Å²) >= 11 is 2.02. The van der Waals surface area contributed by atoms with Crippen LogP contribution in [0.3, 0.4) is 0 Å². The van der Waals surface area contributed by atoms with Crippen LogP contribution >= 0.6 is 11.8 Å². The van der Waals surface area contributed by atoms with E-state index in [9.17, 15) is 0 Å². The summed E-state index contributed by atoms with van der Waals surface area (Å²) in [5, 5.41) is 3.19. The minimum Gasteiger partial charge on any atom is -0.316 e. The van der Waals surface area contributed by atoms with Crippen LogP contribution in [0, 0.1) is 5.92 Å². The van der Waals surface area contributed by atoms with Crippen molar-refractivity contribution in [1.82, 2.24) is 5.32 Å². The van der Waals surface area contributed by atoms with Crippen LogP contribution in [0.25, 0.3) is 0 Å². The molecule has 1 nitrogen and oxygen atoms in total. The molecule has 0 aliphatic heterocycles. The molecule has 15 heavy (non-hydrogen) atoms. The molecule has 1 aliphatic carbocycles. The smallest absolute Gasteiger partial charge is 0.0202 e. The molecule has 2 rings (SSSR count). The monoisotopic (exact) mass is 221 g/mol. The zero-order chi connectivity index (χ0) is 10.5. The fraction of sp³-hybridized carbons (Fsp3) is 0.538. The maximum Gasteiger partial charge on any atom is 0.0202 e. The maximum atomic E-state index is 3.19. The summed E-state index contributed by atoms with van der Waals surface area (Å²) in [6, 6.07) is 8.88. The zero-order valence-corrected chi connectivity index (χ0v) is 10.1. The Morgan fingerprint density at radius 1 is 1.40 bits per heavy atom. The Kier molecular flexibility index (Phi) is 4.09. The summed E-state index contributed by atoms with van der Waals surface area (Å²) in [6.45, 7) is 0.970. The highest BCUT2D eigenvalue weighted by Gasteiger charge is 2.17. The molecule has 82 valence electrons. The first-order chi connectivity index (χ1) is 7.38. The second-order valence-corrected chi connectivity index (χ2v) is 5.38. The van der Waals surface area contributed by atoms with Gasteiger partial charge in [-0.15, -0.1) is 11.8 Å². The van der Waals surface area contributed by atoms with Crippen LogP contribution < -0.4 is 5.32 Å². The zero-order valence-electron chi connectivity index (χ0n) is 9.33. The van der Waals surface area contributed by atoms with Crippen molar-refractivity contribution in [2.24, 2.45) is 5.92 Å². The molecular weight excluding hydrogens is 202 g/mol. The Morgan fingerprint density at radius 2 is 2.27 bits per heavy atom. The van der Waals surface area contributed by atoms with Crippen molar-refractivity contribution in [3.8, 4) is 0 Å². The lowest BCUT2D eigenvalue weighted by molar-refractivity contribution is 0.353. The molecule has 0 atom stereocenters. The van der Waals surface area contributed by atoms with Gasteiger partial charge in [0.15, 0.2) is 0 Å². The molecule has 2 heteroatoms. The number of thioether (sulfide) groups is 1. The van der Waals surface area contributed by atoms with E-state index in [0.717, 1.165) is 12.5 Å². The van der Waals surface area contributed by atoms with Gasteiger partial charge in [-0.25, -0.2) is 0 Å². The topological polar surface area (TPSA) is 12.0 Å². The quantitative estimate of drug-likeness (QED) is 0.766. The van der Waals surface area contributed by atoms with E-state index in [0.29, 0.717) is 0 Å². The Labute approximate surface area is 96.7 Å². The highest BCUT2D eigenvalue weighted by atomic mass is 32.2. The summed E-state index contributed by atoms with van der Waals surface area (Å²) in [5.41, 5.74) is 1.39. The summed E-state index contributed by atoms with van der Waals surface area (Å²) in [7, 11) is 1.99. The van der Waals surface area contributed by atoms with Gasteiger partial charge >= 0.3 is 0 Å². The summed E-state index contributed by atoms with van der Waals surface area (Å²) in [4.78, 5) is 1.43. The van der Waals surface area contributed by atoms with E-state index in [1.807, 2.05) is 18.8 Å². The van der Waals surface area contributed by atoms with E-state index in [4.69, 9.17) is 0 Å². The van der Waals surface area contributed by atoms with Crippen LogP contribution in [-0.4, -0.2) is 12.8 Å². The van der Waals surface area contributed by atoms with Gasteiger partial charge in [-0.2, -0.15) is 0 Å². The van der Waals surface area contributed by atoms with E-state index in [2.05, 4.69) is 29.6 Å². The third-order valence-electron chi connectivity index (χ3n) is 2.99. The van der Waals surface area contributed by atoms with Gasteiger partial charge in [0.2, 0.25) is 0 Å². The first-order valence-electron chi connectivity index (χ1n) is 5.75. The Bertz CT molecular complexity index is 307. The molecule has 0 radical (unpaired) electrons. The summed E-state index contributed by atoms with van der Waals surface area (Å²) in [6.07, 6.45) is 4.34. The summed E-state index contributed by atoms with van der Waals surface area (Å²) in [5.74, 6) is 2.30. The molecule has 1 aromatic carbocycles. The first kappa shape index (κ1) is 11.0. The Morgan fingerprint density at radius 3 is 2.93 bits per heavy atom. The normalized spacial score (nSPS) is 16.3. The molecule has 0 aromatic heterocycles. The van der Waals surface area contributed by atoms with Gasteiger partial charge in [0.1, 0.15) is 0 Å². The van der Waals surface area contributed by atoms with Crippen LogP contribution in [0.4, 0.5) is 0 Å². The third kappa shape index (κ3) is 3.25. The molecule has 1 aliphatic rings. The number of rotatable bonds is 5. The maximum absolute atomic E-state index is 3.19. The predicted octanol–water partition coefficient (Wildman–Crippen LogP) is 3.30. The van der Waals surface area contributed by atoms with Gasteiger partial charge < -0.3 is 5.32 Å². The lowest BCUT2D eigenvalue weighted by Crippen LogP contribution is -2.13. The van der Waals surface area contributed by atoms with Gasteiger partial charge in [-0.3, -0.25) is 0 Å². The van der Waals surface area contributed by atoms with Crippen LogP contribution in [0.2, 0.25) is 0 Å². The van der Waals surface area contributed by atoms with E-state index in [-0.39, 0.29) is 0 Å². The molecule has 0 bridgehead atoms. The molecule has 0 heterocycles. The minimum absolute atomic E-state index is 0.970. The average molecular weight is 221 g/mol. The summed E-state index contributed by atoms with van der Waals surface area (Å²) < 4.78 is 0. The van der Waals surface area contributed by atoms with Crippen molar-refractivity contribution in [2.75, 3.05) is 12.8 Å². The molecule has 0 saturated heterocycles. The van der Waals surface area contributed by atoms with E-state index < -0.39 is 0 Å². The lowest BCUT2D eigenvalue weighted by atomic mass is 9.87. The van der Waals surface area contributed by atoms with Crippen LogP contribution in [-0.2, 0) is 6.54 Å². The number of hydrogen-bond acceptors (Lipinski definition) is 2. The Hall–Kier alpha value is -0.470. The van der Waals surface area contributed by atoms with Crippen molar-refractivity contribution in [3.63, 3.8) is 0 Å². The van der Waals surface area contributed by atoms with Crippen molar-refractivity contribution in [1.29, 1.82) is 0 Å². The van der Waals surface area contributed by atoms with Crippen molar-refractivity contribution >= 4 is 11.8 Å². The number of benzene rings is 1.